The van der Waals surface area contributed by atoms with E-state index in [2.05, 4.69) is 16.5 Å². The van der Waals surface area contributed by atoms with Crippen LogP contribution in [0.2, 0.25) is 0 Å². The fraction of sp³-hybridized carbons (Fsp3) is 0.292. The van der Waals surface area contributed by atoms with Crippen molar-refractivity contribution in [1.29, 1.82) is 5.26 Å². The van der Waals surface area contributed by atoms with Gasteiger partial charge in [0.15, 0.2) is 23.0 Å². The minimum Gasteiger partial charge on any atom is -0.506 e. The predicted molar refractivity (Wildman–Crippen MR) is 135 cm³/mol. The van der Waals surface area contributed by atoms with Crippen molar-refractivity contribution in [2.45, 2.75) is 19.8 Å². The molecule has 0 atom stereocenters. The monoisotopic (exact) mass is 505 g/mol. The lowest BCUT2D eigenvalue weighted by molar-refractivity contribution is 0.308. The van der Waals surface area contributed by atoms with Crippen molar-refractivity contribution < 1.29 is 30.6 Å². The van der Waals surface area contributed by atoms with E-state index < -0.39 is 45.6 Å². The van der Waals surface area contributed by atoms with Crippen molar-refractivity contribution in [3.05, 3.63) is 39.6 Å². The van der Waals surface area contributed by atoms with E-state index >= 15 is 0 Å². The van der Waals surface area contributed by atoms with Gasteiger partial charge in [0.25, 0.3) is 5.56 Å². The summed E-state index contributed by atoms with van der Waals surface area (Å²) in [6.45, 7) is 7.18. The standard InChI is InChI=1S/C24H24BN5O7/c1-10(3-4-13-27-16-11(2)18(31)23(36)20(33)14(16)24(37)28-13)29-5-7-30(8-6-29)17-21(34)15(25)12(9-26)19(32)22(17)35/h31-36H,1,3-8H2,2H3,(H,27,28,37). The second-order valence-corrected chi connectivity index (χ2v) is 8.74. The van der Waals surface area contributed by atoms with Crippen molar-refractivity contribution >= 4 is 29.9 Å². The molecule has 1 saturated heterocycles. The van der Waals surface area contributed by atoms with Gasteiger partial charge in [-0.25, -0.2) is 4.98 Å². The Bertz CT molecular complexity index is 1510. The molecule has 4 rings (SSSR count). The lowest BCUT2D eigenvalue weighted by atomic mass is 9.87. The van der Waals surface area contributed by atoms with Crippen LogP contribution < -0.4 is 15.9 Å². The summed E-state index contributed by atoms with van der Waals surface area (Å²) in [5, 5.41) is 69.6. The molecule has 7 N–H and O–H groups in total. The number of aromatic hydroxyl groups is 6. The molecule has 0 saturated carbocycles. The van der Waals surface area contributed by atoms with E-state index in [1.54, 1.807) is 11.0 Å². The maximum Gasteiger partial charge on any atom is 0.262 e. The van der Waals surface area contributed by atoms with E-state index in [0.29, 0.717) is 44.8 Å². The Morgan fingerprint density at radius 2 is 1.68 bits per heavy atom. The average Bonchev–Trinajstić information content (AvgIpc) is 2.88. The lowest BCUT2D eigenvalue weighted by Crippen LogP contribution is -2.46. The van der Waals surface area contributed by atoms with Gasteiger partial charge in [-0.15, -0.1) is 0 Å². The fourth-order valence-corrected chi connectivity index (χ4v) is 4.45. The number of H-pyrrole nitrogens is 1. The van der Waals surface area contributed by atoms with Gasteiger partial charge in [-0.05, 0) is 18.8 Å². The summed E-state index contributed by atoms with van der Waals surface area (Å²) < 4.78 is 0. The SMILES string of the molecule is [B]c1c(O)c(N2CCN(C(=C)CCc3nc4c(C)c(O)c(O)c(O)c4c(=O)[nH]3)CC2)c(O)c(O)c1C#N. The molecule has 1 aliphatic rings. The number of phenols is 6. The zero-order valence-electron chi connectivity index (χ0n) is 19.9. The molecule has 13 heteroatoms. The van der Waals surface area contributed by atoms with Gasteiger partial charge in [-0.3, -0.25) is 4.79 Å². The molecular formula is C24H24BN5O7. The van der Waals surface area contributed by atoms with Gasteiger partial charge in [0.05, 0.1) is 11.1 Å². The molecule has 2 radical (unpaired) electrons. The Morgan fingerprint density at radius 3 is 2.30 bits per heavy atom. The normalized spacial score (nSPS) is 13.6. The number of aromatic nitrogens is 2. The van der Waals surface area contributed by atoms with E-state index in [-0.39, 0.29) is 27.6 Å². The van der Waals surface area contributed by atoms with E-state index in [9.17, 15) is 35.4 Å². The number of anilines is 1. The fourth-order valence-electron chi connectivity index (χ4n) is 4.45. The summed E-state index contributed by atoms with van der Waals surface area (Å²) in [6.07, 6.45) is 0.721. The van der Waals surface area contributed by atoms with Crippen LogP contribution in [-0.2, 0) is 6.42 Å². The van der Waals surface area contributed by atoms with Gasteiger partial charge in [-0.1, -0.05) is 6.58 Å². The van der Waals surface area contributed by atoms with Crippen LogP contribution >= 0.6 is 0 Å². The van der Waals surface area contributed by atoms with E-state index in [1.165, 1.54) is 6.92 Å². The predicted octanol–water partition coefficient (Wildman–Crippen LogP) is 0.399. The van der Waals surface area contributed by atoms with E-state index in [0.717, 1.165) is 5.70 Å². The van der Waals surface area contributed by atoms with E-state index in [1.807, 2.05) is 4.90 Å². The molecule has 1 fully saturated rings. The third kappa shape index (κ3) is 4.16. The van der Waals surface area contributed by atoms with Gasteiger partial charge in [0, 0.05) is 43.9 Å². The number of rotatable bonds is 5. The van der Waals surface area contributed by atoms with Crippen molar-refractivity contribution in [3.63, 3.8) is 0 Å². The molecule has 190 valence electrons. The third-order valence-corrected chi connectivity index (χ3v) is 6.60. The van der Waals surface area contributed by atoms with Crippen LogP contribution in [0.4, 0.5) is 5.69 Å². The molecule has 37 heavy (non-hydrogen) atoms. The molecule has 1 aromatic heterocycles. The van der Waals surface area contributed by atoms with Gasteiger partial charge in [-0.2, -0.15) is 5.26 Å². The second kappa shape index (κ2) is 9.38. The highest BCUT2D eigenvalue weighted by Gasteiger charge is 2.28. The van der Waals surface area contributed by atoms with Crippen LogP contribution in [-0.4, -0.2) is 79.5 Å². The molecule has 2 aromatic carbocycles. The molecule has 1 aliphatic heterocycles. The molecule has 0 spiro atoms. The molecule has 12 nitrogen and oxygen atoms in total. The minimum atomic E-state index is -0.780. The smallest absolute Gasteiger partial charge is 0.262 e. The Hall–Kier alpha value is -4.73. The Kier molecular flexibility index (Phi) is 6.43. The molecule has 0 amide bonds. The first-order chi connectivity index (χ1) is 17.5. The highest BCUT2D eigenvalue weighted by molar-refractivity contribution is 6.37. The number of allylic oxidation sites excluding steroid dienone is 1. The Balaban J connectivity index is 1.46. The van der Waals surface area contributed by atoms with Crippen molar-refractivity contribution in [2.75, 3.05) is 31.1 Å². The number of hydrogen-bond donors (Lipinski definition) is 7. The maximum atomic E-state index is 12.5. The quantitative estimate of drug-likeness (QED) is 0.144. The van der Waals surface area contributed by atoms with Gasteiger partial charge in [0.1, 0.15) is 36.6 Å². The van der Waals surface area contributed by atoms with Crippen molar-refractivity contribution in [2.24, 2.45) is 0 Å². The van der Waals surface area contributed by atoms with Crippen LogP contribution in [0.5, 0.6) is 34.5 Å². The zero-order valence-corrected chi connectivity index (χ0v) is 19.9. The van der Waals surface area contributed by atoms with Crippen LogP contribution in [0.3, 0.4) is 0 Å². The topological polar surface area (TPSA) is 197 Å². The first-order valence-electron chi connectivity index (χ1n) is 11.3. The number of aryl methyl sites for hydroxylation is 2. The van der Waals surface area contributed by atoms with Crippen LogP contribution in [0, 0.1) is 18.3 Å². The minimum absolute atomic E-state index is 0.0508. The largest absolute Gasteiger partial charge is 0.506 e. The Labute approximate surface area is 212 Å². The van der Waals surface area contributed by atoms with Crippen LogP contribution in [0.15, 0.2) is 17.1 Å². The highest BCUT2D eigenvalue weighted by atomic mass is 16.3. The Morgan fingerprint density at radius 1 is 1.03 bits per heavy atom. The number of benzene rings is 2. The van der Waals surface area contributed by atoms with Crippen LogP contribution in [0.1, 0.15) is 23.4 Å². The number of hydrogen-bond acceptors (Lipinski definition) is 11. The van der Waals surface area contributed by atoms with E-state index in [4.69, 9.17) is 13.1 Å². The molecule has 0 bridgehead atoms. The summed E-state index contributed by atoms with van der Waals surface area (Å²) >= 11 is 0. The summed E-state index contributed by atoms with van der Waals surface area (Å²) in [4.78, 5) is 23.1. The second-order valence-electron chi connectivity index (χ2n) is 8.74. The first kappa shape index (κ1) is 25.4. The zero-order chi connectivity index (χ0) is 27.2. The number of phenolic OH excluding ortho intramolecular Hbond substituents is 6. The van der Waals surface area contributed by atoms with Gasteiger partial charge < -0.3 is 45.4 Å². The lowest BCUT2D eigenvalue weighted by Gasteiger charge is -2.39. The summed E-state index contributed by atoms with van der Waals surface area (Å²) in [5.41, 5.74) is -0.438. The first-order valence-corrected chi connectivity index (χ1v) is 11.3. The molecule has 0 unspecified atom stereocenters. The number of nitrogens with zero attached hydrogens (tertiary/aromatic N) is 4. The molecule has 2 heterocycles. The highest BCUT2D eigenvalue weighted by Crippen LogP contribution is 2.44. The van der Waals surface area contributed by atoms with Crippen molar-refractivity contribution in [3.8, 4) is 40.6 Å². The summed E-state index contributed by atoms with van der Waals surface area (Å²) in [5.74, 6) is -3.56. The number of nitrogens with one attached hydrogen (secondary N) is 1. The third-order valence-electron chi connectivity index (χ3n) is 6.60. The molecule has 3 aromatic rings. The molecule has 0 aliphatic carbocycles. The number of fused-ring (bicyclic) bond motifs is 1. The number of piperazine rings is 1. The summed E-state index contributed by atoms with van der Waals surface area (Å²) in [6, 6.07) is 1.65. The molecular weight excluding hydrogens is 481 g/mol. The maximum absolute atomic E-state index is 12.5. The average molecular weight is 505 g/mol. The van der Waals surface area contributed by atoms with Crippen molar-refractivity contribution in [1.82, 2.24) is 14.9 Å². The number of aromatic amines is 1. The van der Waals surface area contributed by atoms with Crippen LogP contribution in [0.25, 0.3) is 10.9 Å². The summed E-state index contributed by atoms with van der Waals surface area (Å²) in [7, 11) is 5.75. The number of nitriles is 1. The van der Waals surface area contributed by atoms with Gasteiger partial charge >= 0.3 is 0 Å². The van der Waals surface area contributed by atoms with Gasteiger partial charge in [0.2, 0.25) is 5.75 Å².